The van der Waals surface area contributed by atoms with E-state index in [9.17, 15) is 8.42 Å². The molecule has 3 aromatic carbocycles. The van der Waals surface area contributed by atoms with Gasteiger partial charge in [-0.1, -0.05) is 91.0 Å². The molecule has 0 amide bonds. The Bertz CT molecular complexity index is 793. The molecule has 0 aliphatic heterocycles. The predicted octanol–water partition coefficient (Wildman–Crippen LogP) is 3.95. The number of benzene rings is 3. The lowest BCUT2D eigenvalue weighted by Gasteiger charge is -2.34. The first kappa shape index (κ1) is 16.4. The van der Waals surface area contributed by atoms with E-state index in [0.29, 0.717) is 0 Å². The van der Waals surface area contributed by atoms with Crippen molar-refractivity contribution < 1.29 is 12.6 Å². The van der Waals surface area contributed by atoms with Crippen LogP contribution >= 0.6 is 0 Å². The highest BCUT2D eigenvalue weighted by Gasteiger charge is 2.40. The fraction of sp³-hybridized carbons (Fsp3) is 0.100. The van der Waals surface area contributed by atoms with Gasteiger partial charge in [-0.15, -0.1) is 0 Å². The minimum atomic E-state index is -3.73. The highest BCUT2D eigenvalue weighted by molar-refractivity contribution is 7.86. The molecule has 4 heteroatoms. The van der Waals surface area contributed by atoms with Crippen LogP contribution in [0.4, 0.5) is 0 Å². The maximum absolute atomic E-state index is 12.1. The average Bonchev–Trinajstić information content (AvgIpc) is 2.61. The third-order valence-electron chi connectivity index (χ3n) is 3.82. The summed E-state index contributed by atoms with van der Waals surface area (Å²) in [7, 11) is -3.73. The Morgan fingerprint density at radius 2 is 0.917 bits per heavy atom. The Labute approximate surface area is 142 Å². The number of hydrogen-bond acceptors (Lipinski definition) is 3. The molecule has 0 atom stereocenters. The molecule has 0 unspecified atom stereocenters. The summed E-state index contributed by atoms with van der Waals surface area (Å²) in [6, 6.07) is 28.2. The van der Waals surface area contributed by atoms with E-state index in [1.54, 1.807) is 0 Å². The molecule has 0 aromatic heterocycles. The van der Waals surface area contributed by atoms with Gasteiger partial charge in [0.15, 0.2) is 5.60 Å². The van der Waals surface area contributed by atoms with Crippen LogP contribution in [0.2, 0.25) is 0 Å². The van der Waals surface area contributed by atoms with Gasteiger partial charge in [-0.3, -0.25) is 0 Å². The van der Waals surface area contributed by atoms with Gasteiger partial charge >= 0.3 is 0 Å². The van der Waals surface area contributed by atoms with E-state index in [-0.39, 0.29) is 0 Å². The van der Waals surface area contributed by atoms with E-state index >= 15 is 0 Å². The average molecular weight is 338 g/mol. The van der Waals surface area contributed by atoms with Crippen molar-refractivity contribution in [2.24, 2.45) is 0 Å². The molecule has 122 valence electrons. The summed E-state index contributed by atoms with van der Waals surface area (Å²) in [4.78, 5) is 0. The van der Waals surface area contributed by atoms with Gasteiger partial charge in [-0.05, 0) is 16.7 Å². The van der Waals surface area contributed by atoms with Crippen molar-refractivity contribution in [1.82, 2.24) is 0 Å². The van der Waals surface area contributed by atoms with Crippen LogP contribution in [0.1, 0.15) is 16.7 Å². The largest absolute Gasteiger partial charge is 0.265 e. The molecule has 0 N–H and O–H groups in total. The molecule has 3 aromatic rings. The maximum Gasteiger partial charge on any atom is 0.265 e. The molecular formula is C20H18O3S. The first-order valence-corrected chi connectivity index (χ1v) is 9.41. The molecule has 3 rings (SSSR count). The van der Waals surface area contributed by atoms with E-state index in [1.807, 2.05) is 91.0 Å². The Hall–Kier alpha value is -2.43. The zero-order valence-electron chi connectivity index (χ0n) is 13.3. The molecule has 0 aliphatic rings. The van der Waals surface area contributed by atoms with Crippen molar-refractivity contribution in [3.05, 3.63) is 108 Å². The van der Waals surface area contributed by atoms with Gasteiger partial charge in [0.2, 0.25) is 0 Å². The van der Waals surface area contributed by atoms with Gasteiger partial charge in [0.25, 0.3) is 10.1 Å². The van der Waals surface area contributed by atoms with E-state index in [1.165, 1.54) is 0 Å². The smallest absolute Gasteiger partial charge is 0.249 e. The summed E-state index contributed by atoms with van der Waals surface area (Å²) in [5.74, 6) is 0. The third kappa shape index (κ3) is 3.25. The molecule has 0 bridgehead atoms. The lowest BCUT2D eigenvalue weighted by atomic mass is 9.80. The van der Waals surface area contributed by atoms with E-state index in [0.717, 1.165) is 22.9 Å². The third-order valence-corrected chi connectivity index (χ3v) is 4.37. The van der Waals surface area contributed by atoms with E-state index in [2.05, 4.69) is 0 Å². The zero-order chi connectivity index (χ0) is 17.0. The van der Waals surface area contributed by atoms with E-state index < -0.39 is 15.7 Å². The SMILES string of the molecule is CS(=O)(=O)OC(c1ccccc1)(c1ccccc1)c1ccccc1. The van der Waals surface area contributed by atoms with Gasteiger partial charge in [-0.2, -0.15) is 8.42 Å². The molecule has 3 nitrogen and oxygen atoms in total. The van der Waals surface area contributed by atoms with Crippen LogP contribution < -0.4 is 0 Å². The molecule has 0 saturated heterocycles. The summed E-state index contributed by atoms with van der Waals surface area (Å²) in [5.41, 5.74) is 1.05. The van der Waals surface area contributed by atoms with Gasteiger partial charge in [-0.25, -0.2) is 4.18 Å². The van der Waals surface area contributed by atoms with Gasteiger partial charge in [0, 0.05) is 0 Å². The van der Waals surface area contributed by atoms with Crippen LogP contribution in [0.15, 0.2) is 91.0 Å². The molecule has 0 fully saturated rings. The second-order valence-electron chi connectivity index (χ2n) is 5.57. The number of hydrogen-bond donors (Lipinski definition) is 0. The summed E-state index contributed by atoms with van der Waals surface area (Å²) < 4.78 is 30.0. The minimum Gasteiger partial charge on any atom is -0.249 e. The molecule has 0 radical (unpaired) electrons. The molecule has 0 spiro atoms. The monoisotopic (exact) mass is 338 g/mol. The lowest BCUT2D eigenvalue weighted by Crippen LogP contribution is -2.35. The van der Waals surface area contributed by atoms with Gasteiger partial charge < -0.3 is 0 Å². The Kier molecular flexibility index (Phi) is 4.51. The van der Waals surface area contributed by atoms with Crippen LogP contribution in [0.25, 0.3) is 0 Å². The van der Waals surface area contributed by atoms with Crippen molar-refractivity contribution in [2.45, 2.75) is 5.60 Å². The Morgan fingerprint density at radius 3 is 1.17 bits per heavy atom. The quantitative estimate of drug-likeness (QED) is 0.522. The van der Waals surface area contributed by atoms with Crippen molar-refractivity contribution in [1.29, 1.82) is 0 Å². The summed E-state index contributed by atoms with van der Waals surface area (Å²) in [6.45, 7) is 0. The normalized spacial score (nSPS) is 12.0. The molecular weight excluding hydrogens is 320 g/mol. The second kappa shape index (κ2) is 6.59. The summed E-state index contributed by atoms with van der Waals surface area (Å²) in [6.07, 6.45) is 1.08. The Morgan fingerprint density at radius 1 is 0.625 bits per heavy atom. The predicted molar refractivity (Wildman–Crippen MR) is 95.1 cm³/mol. The fourth-order valence-corrected chi connectivity index (χ4v) is 3.63. The highest BCUT2D eigenvalue weighted by atomic mass is 32.2. The van der Waals surface area contributed by atoms with Crippen molar-refractivity contribution in [3.63, 3.8) is 0 Å². The van der Waals surface area contributed by atoms with Crippen LogP contribution in [0.5, 0.6) is 0 Å². The first-order valence-electron chi connectivity index (χ1n) is 7.59. The summed E-state index contributed by atoms with van der Waals surface area (Å²) >= 11 is 0. The lowest BCUT2D eigenvalue weighted by molar-refractivity contribution is 0.166. The fourth-order valence-electron chi connectivity index (χ4n) is 2.89. The first-order chi connectivity index (χ1) is 11.5. The Balaban J connectivity index is 2.37. The van der Waals surface area contributed by atoms with Crippen LogP contribution in [0, 0.1) is 0 Å². The molecule has 0 saturated carbocycles. The second-order valence-corrected chi connectivity index (χ2v) is 7.14. The minimum absolute atomic E-state index is 0.757. The zero-order valence-corrected chi connectivity index (χ0v) is 14.1. The van der Waals surface area contributed by atoms with Crippen LogP contribution in [-0.4, -0.2) is 14.7 Å². The number of rotatable bonds is 5. The highest BCUT2D eigenvalue weighted by Crippen LogP contribution is 2.41. The van der Waals surface area contributed by atoms with Gasteiger partial charge in [0.1, 0.15) is 0 Å². The molecule has 24 heavy (non-hydrogen) atoms. The van der Waals surface area contributed by atoms with Crippen LogP contribution in [0.3, 0.4) is 0 Å². The molecule has 0 heterocycles. The van der Waals surface area contributed by atoms with Crippen molar-refractivity contribution in [2.75, 3.05) is 6.26 Å². The molecule has 0 aliphatic carbocycles. The topological polar surface area (TPSA) is 43.4 Å². The van der Waals surface area contributed by atoms with Gasteiger partial charge in [0.05, 0.1) is 6.26 Å². The van der Waals surface area contributed by atoms with Crippen molar-refractivity contribution in [3.8, 4) is 0 Å². The standard InChI is InChI=1S/C20H18O3S/c1-24(21,22)23-20(17-11-5-2-6-12-17,18-13-7-3-8-14-18)19-15-9-4-10-16-19/h2-16H,1H3. The van der Waals surface area contributed by atoms with Crippen molar-refractivity contribution >= 4 is 10.1 Å². The van der Waals surface area contributed by atoms with E-state index in [4.69, 9.17) is 4.18 Å². The maximum atomic E-state index is 12.1. The van der Waals surface area contributed by atoms with Crippen LogP contribution in [-0.2, 0) is 19.9 Å². The summed E-state index contributed by atoms with van der Waals surface area (Å²) in [5, 5.41) is 0.